The molecule has 1 aliphatic heterocycles. The topological polar surface area (TPSA) is 10.4 Å². The lowest BCUT2D eigenvalue weighted by Gasteiger charge is -2.34. The third-order valence-corrected chi connectivity index (χ3v) is 9.02. The number of nitrogens with zero attached hydrogens (tertiary/aromatic N) is 3. The van der Waals surface area contributed by atoms with Crippen LogP contribution in [0.2, 0.25) is 0 Å². The van der Waals surface area contributed by atoms with Crippen molar-refractivity contribution in [3.8, 4) is 0 Å². The van der Waals surface area contributed by atoms with Gasteiger partial charge in [0, 0.05) is 29.9 Å². The lowest BCUT2D eigenvalue weighted by atomic mass is 9.93. The average Bonchev–Trinajstić information content (AvgIpc) is 3.35. The van der Waals surface area contributed by atoms with Crippen molar-refractivity contribution in [1.29, 1.82) is 0 Å². The molecule has 0 saturated heterocycles. The lowest BCUT2D eigenvalue weighted by molar-refractivity contribution is -0.642. The highest BCUT2D eigenvalue weighted by molar-refractivity contribution is 7.18. The molecule has 3 nitrogen and oxygen atoms in total. The Kier molecular flexibility index (Phi) is 9.73. The van der Waals surface area contributed by atoms with Crippen LogP contribution in [0.3, 0.4) is 0 Å². The summed E-state index contributed by atoms with van der Waals surface area (Å²) >= 11 is 1.82. The van der Waals surface area contributed by atoms with E-state index in [9.17, 15) is 0 Å². The molecule has 0 amide bonds. The normalized spacial score (nSPS) is 14.0. The van der Waals surface area contributed by atoms with Gasteiger partial charge >= 0.3 is 0 Å². The smallest absolute Gasteiger partial charge is 0.262 e. The minimum atomic E-state index is 0. The van der Waals surface area contributed by atoms with Crippen molar-refractivity contribution in [2.45, 2.75) is 20.4 Å². The van der Waals surface area contributed by atoms with Crippen LogP contribution in [0.25, 0.3) is 27.6 Å². The Morgan fingerprint density at radius 3 is 2.24 bits per heavy atom. The fraction of sp³-hybridized carbons (Fsp3) is 0.162. The number of anilines is 2. The molecule has 1 aliphatic rings. The van der Waals surface area contributed by atoms with Crippen molar-refractivity contribution in [2.75, 3.05) is 18.0 Å². The van der Waals surface area contributed by atoms with Gasteiger partial charge in [-0.3, -0.25) is 4.90 Å². The maximum absolute atomic E-state index is 2.45. The Labute approximate surface area is 270 Å². The van der Waals surface area contributed by atoms with E-state index in [0.29, 0.717) is 0 Å². The highest BCUT2D eigenvalue weighted by Gasteiger charge is 2.25. The first-order valence-electron chi connectivity index (χ1n) is 14.4. The van der Waals surface area contributed by atoms with Gasteiger partial charge in [-0.05, 0) is 60.1 Å². The molecule has 5 aromatic rings. The van der Waals surface area contributed by atoms with Crippen LogP contribution in [-0.2, 0) is 13.6 Å². The minimum Gasteiger partial charge on any atom is -1.00 e. The molecule has 1 aromatic heterocycles. The molecular weight excluding hydrogens is 645 g/mol. The Morgan fingerprint density at radius 2 is 1.50 bits per heavy atom. The van der Waals surface area contributed by atoms with Gasteiger partial charge in [0.2, 0.25) is 5.52 Å². The first kappa shape index (κ1) is 30.0. The Morgan fingerprint density at radius 1 is 0.810 bits per heavy atom. The molecule has 0 N–H and O–H groups in total. The third-order valence-electron chi connectivity index (χ3n) is 7.84. The van der Waals surface area contributed by atoms with Crippen LogP contribution in [0, 0.1) is 0 Å². The summed E-state index contributed by atoms with van der Waals surface area (Å²) in [6, 6.07) is 37.1. The number of hydrogen-bond donors (Lipinski definition) is 0. The first-order chi connectivity index (χ1) is 20.2. The number of para-hydroxylation sites is 3. The molecule has 0 fully saturated rings. The largest absolute Gasteiger partial charge is 1.00 e. The van der Waals surface area contributed by atoms with E-state index in [1.165, 1.54) is 48.9 Å². The monoisotopic (exact) mass is 681 g/mol. The van der Waals surface area contributed by atoms with Crippen LogP contribution >= 0.6 is 11.3 Å². The quantitative estimate of drug-likeness (QED) is 0.150. The molecule has 0 spiro atoms. The van der Waals surface area contributed by atoms with E-state index in [1.807, 2.05) is 11.3 Å². The highest BCUT2D eigenvalue weighted by Crippen LogP contribution is 2.44. The number of benzene rings is 4. The van der Waals surface area contributed by atoms with Gasteiger partial charge in [-0.2, -0.15) is 4.57 Å². The van der Waals surface area contributed by atoms with E-state index >= 15 is 0 Å². The van der Waals surface area contributed by atoms with E-state index in [1.54, 1.807) is 0 Å². The van der Waals surface area contributed by atoms with Crippen LogP contribution < -0.4 is 33.4 Å². The number of rotatable bonds is 8. The first-order valence-corrected chi connectivity index (χ1v) is 15.2. The van der Waals surface area contributed by atoms with Crippen LogP contribution in [-0.4, -0.2) is 18.0 Å². The number of thiazole rings is 1. The molecule has 0 aliphatic carbocycles. The van der Waals surface area contributed by atoms with Crippen molar-refractivity contribution < 1.29 is 28.5 Å². The summed E-state index contributed by atoms with van der Waals surface area (Å²) in [6.45, 7) is 7.54. The standard InChI is InChI=1S/C37H36N3S.HI/c1-4-39(5-2)27-28-22-24-29(25-23-28)35-26-30(14-13-21-37-38(3)34-19-11-12-20-36(34)41-37)32-17-9-10-18-33(32)40(35)31-15-7-6-8-16-31;/h6-26H,4-5,27H2,1-3H3;1H/q+1;/p-1. The van der Waals surface area contributed by atoms with Crippen LogP contribution in [0.1, 0.15) is 35.5 Å². The number of aromatic nitrogens is 1. The molecule has 2 heterocycles. The summed E-state index contributed by atoms with van der Waals surface area (Å²) in [5.41, 5.74) is 9.77. The van der Waals surface area contributed by atoms with E-state index in [4.69, 9.17) is 0 Å². The second-order valence-electron chi connectivity index (χ2n) is 10.3. The summed E-state index contributed by atoms with van der Waals surface area (Å²) in [5, 5.41) is 1.23. The molecule has 0 atom stereocenters. The molecule has 0 unspecified atom stereocenters. The number of allylic oxidation sites excluding steroid dienone is 4. The van der Waals surface area contributed by atoms with Crippen molar-refractivity contribution in [1.82, 2.24) is 4.90 Å². The van der Waals surface area contributed by atoms with E-state index in [2.05, 4.69) is 163 Å². The number of fused-ring (bicyclic) bond motifs is 2. The zero-order valence-corrected chi connectivity index (χ0v) is 27.3. The van der Waals surface area contributed by atoms with Crippen LogP contribution in [0.15, 0.2) is 121 Å². The maximum atomic E-state index is 2.45. The third kappa shape index (κ3) is 6.14. The van der Waals surface area contributed by atoms with Crippen molar-refractivity contribution >= 4 is 50.3 Å². The molecule has 42 heavy (non-hydrogen) atoms. The van der Waals surface area contributed by atoms with Crippen molar-refractivity contribution in [2.24, 2.45) is 7.05 Å². The molecular formula is C37H36IN3S. The van der Waals surface area contributed by atoms with E-state index < -0.39 is 0 Å². The van der Waals surface area contributed by atoms with Gasteiger partial charge in [-0.1, -0.05) is 110 Å². The second kappa shape index (κ2) is 13.6. The number of hydrogen-bond acceptors (Lipinski definition) is 3. The summed E-state index contributed by atoms with van der Waals surface area (Å²) in [6.07, 6.45) is 9.00. The molecule has 212 valence electrons. The predicted molar refractivity (Wildman–Crippen MR) is 176 cm³/mol. The van der Waals surface area contributed by atoms with Gasteiger partial charge in [-0.25, -0.2) is 0 Å². The summed E-state index contributed by atoms with van der Waals surface area (Å²) in [5.74, 6) is 0. The van der Waals surface area contributed by atoms with Crippen molar-refractivity contribution in [3.63, 3.8) is 0 Å². The molecule has 6 rings (SSSR count). The van der Waals surface area contributed by atoms with Gasteiger partial charge in [0.15, 0.2) is 0 Å². The van der Waals surface area contributed by atoms with Crippen LogP contribution in [0.4, 0.5) is 11.4 Å². The van der Waals surface area contributed by atoms with E-state index in [-0.39, 0.29) is 24.0 Å². The summed E-state index contributed by atoms with van der Waals surface area (Å²) < 4.78 is 3.57. The van der Waals surface area contributed by atoms with E-state index in [0.717, 1.165) is 25.3 Å². The molecule has 5 heteroatoms. The molecule has 0 radical (unpaired) electrons. The van der Waals surface area contributed by atoms with Gasteiger partial charge in [0.05, 0.1) is 11.4 Å². The van der Waals surface area contributed by atoms with Crippen molar-refractivity contribution in [3.05, 3.63) is 143 Å². The minimum absolute atomic E-state index is 0. The molecule has 4 aromatic carbocycles. The zero-order chi connectivity index (χ0) is 28.2. The molecule has 0 saturated carbocycles. The lowest BCUT2D eigenvalue weighted by Crippen LogP contribution is -3.00. The van der Waals surface area contributed by atoms with Gasteiger partial charge in [0.25, 0.3) is 5.01 Å². The number of halogens is 1. The summed E-state index contributed by atoms with van der Waals surface area (Å²) in [4.78, 5) is 4.84. The SMILES string of the molecule is CCN(CC)Cc1ccc(C2=CC(=CC=Cc3sc4ccccc4[n+]3C)c3ccccc3N2c2ccccc2)cc1.[I-]. The summed E-state index contributed by atoms with van der Waals surface area (Å²) in [7, 11) is 2.14. The predicted octanol–water partition coefficient (Wildman–Crippen LogP) is 5.86. The Hall–Kier alpha value is -3.52. The van der Waals surface area contributed by atoms with Gasteiger partial charge in [-0.15, -0.1) is 0 Å². The maximum Gasteiger partial charge on any atom is 0.262 e. The molecule has 0 bridgehead atoms. The fourth-order valence-electron chi connectivity index (χ4n) is 5.52. The fourth-order valence-corrected chi connectivity index (χ4v) is 6.59. The average molecular weight is 682 g/mol. The zero-order valence-electron chi connectivity index (χ0n) is 24.4. The van der Waals surface area contributed by atoms with Gasteiger partial charge < -0.3 is 28.9 Å². The Balaban J connectivity index is 0.00000353. The van der Waals surface area contributed by atoms with Crippen LogP contribution in [0.5, 0.6) is 0 Å². The highest BCUT2D eigenvalue weighted by atomic mass is 127. The Bertz CT molecular complexity index is 1750. The second-order valence-corrected chi connectivity index (χ2v) is 11.4. The van der Waals surface area contributed by atoms with Gasteiger partial charge in [0.1, 0.15) is 11.7 Å². The number of aryl methyl sites for hydroxylation is 1.